The molecule has 0 aromatic heterocycles. The summed E-state index contributed by atoms with van der Waals surface area (Å²) in [6.45, 7) is 10.1. The number of sulfonamides is 1. The average Bonchev–Trinajstić information content (AvgIpc) is 2.44. The maximum Gasteiger partial charge on any atom is 0.240 e. The summed E-state index contributed by atoms with van der Waals surface area (Å²) in [5, 5.41) is 2.59. The number of hydrogen-bond donors (Lipinski definition) is 2. The van der Waals surface area contributed by atoms with Crippen molar-refractivity contribution in [1.82, 2.24) is 10.0 Å². The van der Waals surface area contributed by atoms with Gasteiger partial charge in [-0.1, -0.05) is 39.0 Å². The third-order valence-corrected chi connectivity index (χ3v) is 4.60. The maximum absolute atomic E-state index is 12.1. The first kappa shape index (κ1) is 18.4. The van der Waals surface area contributed by atoms with Crippen LogP contribution in [0.3, 0.4) is 0 Å². The van der Waals surface area contributed by atoms with E-state index in [0.29, 0.717) is 6.54 Å². The lowest BCUT2D eigenvalue weighted by molar-refractivity contribution is -0.120. The maximum atomic E-state index is 12.1. The van der Waals surface area contributed by atoms with Crippen molar-refractivity contribution in [3.8, 4) is 0 Å². The van der Waals surface area contributed by atoms with E-state index < -0.39 is 10.0 Å². The lowest BCUT2D eigenvalue weighted by Crippen LogP contribution is -2.30. The third kappa shape index (κ3) is 5.61. The number of carbonyl (C=O) groups excluding carboxylic acids is 1. The van der Waals surface area contributed by atoms with Crippen LogP contribution in [0.15, 0.2) is 41.8 Å². The second-order valence-electron chi connectivity index (χ2n) is 6.01. The first-order valence-electron chi connectivity index (χ1n) is 7.14. The Kier molecular flexibility index (Phi) is 6.32. The first-order chi connectivity index (χ1) is 10.2. The largest absolute Gasteiger partial charge is 0.353 e. The number of carbonyl (C=O) groups is 1. The highest BCUT2D eigenvalue weighted by molar-refractivity contribution is 7.89. The summed E-state index contributed by atoms with van der Waals surface area (Å²) in [4.78, 5) is 11.6. The topological polar surface area (TPSA) is 75.3 Å². The molecule has 122 valence electrons. The first-order valence-corrected chi connectivity index (χ1v) is 8.63. The van der Waals surface area contributed by atoms with Gasteiger partial charge in [-0.15, -0.1) is 6.58 Å². The number of hydrogen-bond acceptors (Lipinski definition) is 3. The van der Waals surface area contributed by atoms with Gasteiger partial charge in [0.05, 0.1) is 4.90 Å². The molecule has 0 aliphatic heterocycles. The van der Waals surface area contributed by atoms with Crippen LogP contribution >= 0.6 is 0 Å². The van der Waals surface area contributed by atoms with Crippen LogP contribution < -0.4 is 10.0 Å². The van der Waals surface area contributed by atoms with Crippen molar-refractivity contribution in [3.63, 3.8) is 0 Å². The molecule has 22 heavy (non-hydrogen) atoms. The Balaban J connectivity index is 2.63. The van der Waals surface area contributed by atoms with Crippen LogP contribution in [0, 0.1) is 0 Å². The van der Waals surface area contributed by atoms with Gasteiger partial charge in [-0.3, -0.25) is 4.79 Å². The number of benzene rings is 1. The van der Waals surface area contributed by atoms with E-state index in [4.69, 9.17) is 0 Å². The van der Waals surface area contributed by atoms with E-state index >= 15 is 0 Å². The van der Waals surface area contributed by atoms with Gasteiger partial charge >= 0.3 is 0 Å². The highest BCUT2D eigenvalue weighted by Gasteiger charge is 2.17. The van der Waals surface area contributed by atoms with Crippen LogP contribution in [0.4, 0.5) is 0 Å². The van der Waals surface area contributed by atoms with Crippen molar-refractivity contribution < 1.29 is 13.2 Å². The molecule has 0 aliphatic rings. The fourth-order valence-corrected chi connectivity index (χ4v) is 2.82. The summed E-state index contributed by atoms with van der Waals surface area (Å²) in [7, 11) is -3.59. The highest BCUT2D eigenvalue weighted by atomic mass is 32.2. The quantitative estimate of drug-likeness (QED) is 0.753. The fourth-order valence-electron chi connectivity index (χ4n) is 1.79. The zero-order chi connectivity index (χ0) is 16.8. The Morgan fingerprint density at radius 1 is 1.23 bits per heavy atom. The Bertz CT molecular complexity index is 614. The molecule has 0 heterocycles. The molecule has 0 bridgehead atoms. The van der Waals surface area contributed by atoms with Gasteiger partial charge in [-0.2, -0.15) is 0 Å². The van der Waals surface area contributed by atoms with Gasteiger partial charge in [0.25, 0.3) is 0 Å². The minimum atomic E-state index is -3.59. The van der Waals surface area contributed by atoms with Crippen molar-refractivity contribution >= 4 is 15.9 Å². The molecule has 0 aliphatic carbocycles. The molecule has 0 saturated heterocycles. The third-order valence-electron chi connectivity index (χ3n) is 3.12. The standard InChI is InChI=1S/C16H24N2O3S/c1-5-11-17-15(19)10-12-18-22(20,21)14-8-6-13(7-9-14)16(2,3)4/h5-9,18H,1,10-12H2,2-4H3,(H,17,19). The van der Waals surface area contributed by atoms with Gasteiger partial charge in [0.1, 0.15) is 0 Å². The Morgan fingerprint density at radius 3 is 2.32 bits per heavy atom. The second-order valence-corrected chi connectivity index (χ2v) is 7.78. The zero-order valence-corrected chi connectivity index (χ0v) is 14.2. The Morgan fingerprint density at radius 2 is 1.82 bits per heavy atom. The van der Waals surface area contributed by atoms with Crippen LogP contribution in [0.25, 0.3) is 0 Å². The summed E-state index contributed by atoms with van der Waals surface area (Å²) in [5.41, 5.74) is 1.04. The van der Waals surface area contributed by atoms with Crippen LogP contribution in [0.5, 0.6) is 0 Å². The van der Waals surface area contributed by atoms with Crippen molar-refractivity contribution in [2.45, 2.75) is 37.5 Å². The van der Waals surface area contributed by atoms with E-state index in [-0.39, 0.29) is 29.2 Å². The smallest absolute Gasteiger partial charge is 0.240 e. The van der Waals surface area contributed by atoms with E-state index in [1.54, 1.807) is 18.2 Å². The Hall–Kier alpha value is -1.66. The second kappa shape index (κ2) is 7.56. The molecule has 0 spiro atoms. The summed E-state index contributed by atoms with van der Waals surface area (Å²) in [5.74, 6) is -0.217. The monoisotopic (exact) mass is 324 g/mol. The molecule has 5 nitrogen and oxygen atoms in total. The Labute approximate surface area is 132 Å². The van der Waals surface area contributed by atoms with Gasteiger partial charge in [0.2, 0.25) is 15.9 Å². The van der Waals surface area contributed by atoms with Crippen molar-refractivity contribution in [2.24, 2.45) is 0 Å². The van der Waals surface area contributed by atoms with E-state index in [9.17, 15) is 13.2 Å². The molecule has 0 fully saturated rings. The van der Waals surface area contributed by atoms with E-state index in [1.807, 2.05) is 12.1 Å². The van der Waals surface area contributed by atoms with Gasteiger partial charge in [-0.25, -0.2) is 13.1 Å². The van der Waals surface area contributed by atoms with Gasteiger partial charge in [0.15, 0.2) is 0 Å². The number of rotatable bonds is 7. The molecule has 0 unspecified atom stereocenters. The van der Waals surface area contributed by atoms with E-state index in [0.717, 1.165) is 5.56 Å². The molecular weight excluding hydrogens is 300 g/mol. The average molecular weight is 324 g/mol. The number of nitrogens with one attached hydrogen (secondary N) is 2. The molecule has 0 atom stereocenters. The molecule has 1 aromatic rings. The van der Waals surface area contributed by atoms with Gasteiger partial charge in [0, 0.05) is 19.5 Å². The molecular formula is C16H24N2O3S. The summed E-state index contributed by atoms with van der Waals surface area (Å²) < 4.78 is 26.7. The molecule has 6 heteroatoms. The summed E-state index contributed by atoms with van der Waals surface area (Å²) >= 11 is 0. The SMILES string of the molecule is C=CCNC(=O)CCNS(=O)(=O)c1ccc(C(C)(C)C)cc1. The van der Waals surface area contributed by atoms with E-state index in [1.165, 1.54) is 0 Å². The molecule has 1 rings (SSSR count). The normalized spacial score (nSPS) is 12.0. The molecule has 1 amide bonds. The molecule has 2 N–H and O–H groups in total. The van der Waals surface area contributed by atoms with Crippen LogP contribution in [0.1, 0.15) is 32.8 Å². The molecule has 1 aromatic carbocycles. The van der Waals surface area contributed by atoms with E-state index in [2.05, 4.69) is 37.4 Å². The minimum Gasteiger partial charge on any atom is -0.353 e. The van der Waals surface area contributed by atoms with Crippen molar-refractivity contribution in [1.29, 1.82) is 0 Å². The lowest BCUT2D eigenvalue weighted by atomic mass is 9.87. The van der Waals surface area contributed by atoms with Crippen molar-refractivity contribution in [2.75, 3.05) is 13.1 Å². The number of amides is 1. The predicted molar refractivity (Wildman–Crippen MR) is 88.2 cm³/mol. The van der Waals surface area contributed by atoms with Crippen molar-refractivity contribution in [3.05, 3.63) is 42.5 Å². The van der Waals surface area contributed by atoms with Gasteiger partial charge < -0.3 is 5.32 Å². The molecule has 0 saturated carbocycles. The highest BCUT2D eigenvalue weighted by Crippen LogP contribution is 2.23. The molecule has 0 radical (unpaired) electrons. The van der Waals surface area contributed by atoms with Gasteiger partial charge in [-0.05, 0) is 23.1 Å². The predicted octanol–water partition coefficient (Wildman–Crippen LogP) is 1.95. The zero-order valence-electron chi connectivity index (χ0n) is 13.3. The van der Waals surface area contributed by atoms with Crippen LogP contribution in [0.2, 0.25) is 0 Å². The van der Waals surface area contributed by atoms with Crippen LogP contribution in [-0.4, -0.2) is 27.4 Å². The summed E-state index contributed by atoms with van der Waals surface area (Å²) in [6, 6.07) is 6.79. The fraction of sp³-hybridized carbons (Fsp3) is 0.438. The van der Waals surface area contributed by atoms with Crippen LogP contribution in [-0.2, 0) is 20.2 Å². The minimum absolute atomic E-state index is 0.0288. The lowest BCUT2D eigenvalue weighted by Gasteiger charge is -2.19. The summed E-state index contributed by atoms with van der Waals surface area (Å²) in [6.07, 6.45) is 1.66.